The minimum atomic E-state index is -5.05. The topological polar surface area (TPSA) is 291 Å². The first-order valence-corrected chi connectivity index (χ1v) is 26.8. The Bertz CT molecular complexity index is 2420. The van der Waals surface area contributed by atoms with Crippen LogP contribution in [0.2, 0.25) is 0 Å². The first-order valence-electron chi connectivity index (χ1n) is 23.6. The van der Waals surface area contributed by atoms with Crippen molar-refractivity contribution in [2.24, 2.45) is 0 Å². The van der Waals surface area contributed by atoms with E-state index in [1.54, 1.807) is 0 Å². The summed E-state index contributed by atoms with van der Waals surface area (Å²) in [5.41, 5.74) is 12.4. The number of ether oxygens (including phenoxy) is 4. The van der Waals surface area contributed by atoms with Gasteiger partial charge in [-0.15, -0.1) is 0 Å². The number of aromatic nitrogens is 8. The Morgan fingerprint density at radius 2 is 1.14 bits per heavy atom. The zero-order valence-electron chi connectivity index (χ0n) is 38.8. The summed E-state index contributed by atoms with van der Waals surface area (Å²) in [5, 5.41) is 0. The van der Waals surface area contributed by atoms with Crippen LogP contribution in [0.15, 0.2) is 25.3 Å². The van der Waals surface area contributed by atoms with Crippen LogP contribution in [0.3, 0.4) is 0 Å². The average Bonchev–Trinajstić information content (AvgIpc) is 4.10. The largest absolute Gasteiger partial charge is 0.478 e. The fraction of sp³-hybridized carbons (Fsp3) is 0.714. The van der Waals surface area contributed by atoms with E-state index in [9.17, 15) is 18.7 Å². The van der Waals surface area contributed by atoms with E-state index in [2.05, 4.69) is 36.8 Å². The van der Waals surface area contributed by atoms with E-state index in [1.165, 1.54) is 47.5 Å². The summed E-state index contributed by atoms with van der Waals surface area (Å²) >= 11 is 0. The van der Waals surface area contributed by atoms with Gasteiger partial charge in [0.15, 0.2) is 47.7 Å². The molecule has 0 spiro atoms. The van der Waals surface area contributed by atoms with Crippen molar-refractivity contribution < 1.29 is 69.1 Å². The van der Waals surface area contributed by atoms with Crippen LogP contribution in [0.25, 0.3) is 22.3 Å². The van der Waals surface area contributed by atoms with Crippen LogP contribution < -0.4 is 11.5 Å². The first kappa shape index (κ1) is 52.5. The summed E-state index contributed by atoms with van der Waals surface area (Å²) in [4.78, 5) is 50.0. The normalized spacial score (nSPS) is 28.5. The fourth-order valence-electron chi connectivity index (χ4n) is 8.35. The molecule has 69 heavy (non-hydrogen) atoms. The quantitative estimate of drug-likeness (QED) is 0.0311. The van der Waals surface area contributed by atoms with Crippen molar-refractivity contribution in [1.29, 1.82) is 0 Å². The molecular weight excluding hydrogens is 952 g/mol. The molecule has 3 fully saturated rings. The van der Waals surface area contributed by atoms with Crippen LogP contribution in [0.5, 0.6) is 0 Å². The van der Waals surface area contributed by atoms with Gasteiger partial charge in [-0.2, -0.15) is 0 Å². The Kier molecular flexibility index (Phi) is 18.8. The third-order valence-corrected chi connectivity index (χ3v) is 15.4. The number of rotatable bonds is 23. The molecule has 0 bridgehead atoms. The van der Waals surface area contributed by atoms with Gasteiger partial charge in [0.1, 0.15) is 42.0 Å². The van der Waals surface area contributed by atoms with E-state index in [0.29, 0.717) is 12.8 Å². The second-order valence-electron chi connectivity index (χ2n) is 17.1. The molecule has 3 saturated heterocycles. The number of imidazole rings is 2. The van der Waals surface area contributed by atoms with Crippen molar-refractivity contribution >= 4 is 61.3 Å². The highest BCUT2D eigenvalue weighted by atomic mass is 31.2. The maximum Gasteiger partial charge on any atom is 0.478 e. The molecule has 2 unspecified atom stereocenters. The molecule has 4 aromatic rings. The van der Waals surface area contributed by atoms with Crippen LogP contribution in [-0.2, 0) is 60.3 Å². The Balaban J connectivity index is 1.13. The number of nitrogen functional groups attached to an aromatic ring is 2. The molecule has 7 rings (SSSR count). The minimum Gasteiger partial charge on any atom is -0.438 e. The molecule has 0 aromatic carbocycles. The molecule has 0 radical (unpaired) electrons. The van der Waals surface area contributed by atoms with Crippen LogP contribution in [0.1, 0.15) is 129 Å². The molecule has 10 atom stereocenters. The highest BCUT2D eigenvalue weighted by Crippen LogP contribution is 2.58. The zero-order chi connectivity index (χ0) is 49.0. The molecule has 0 aliphatic carbocycles. The molecular formula is C42H62F2N10O13P2. The van der Waals surface area contributed by atoms with Gasteiger partial charge < -0.3 is 30.4 Å². The molecule has 0 amide bonds. The molecule has 0 saturated carbocycles. The third kappa shape index (κ3) is 13.4. The predicted octanol–water partition coefficient (Wildman–Crippen LogP) is 7.72. The van der Waals surface area contributed by atoms with Crippen molar-refractivity contribution in [3.63, 3.8) is 0 Å². The van der Waals surface area contributed by atoms with E-state index >= 15 is 8.78 Å². The van der Waals surface area contributed by atoms with E-state index in [0.717, 1.165) is 57.6 Å². The van der Waals surface area contributed by atoms with Crippen LogP contribution in [-0.4, -0.2) is 114 Å². The number of carbonyl (C=O) groups is 2. The van der Waals surface area contributed by atoms with Crippen molar-refractivity contribution in [1.82, 2.24) is 39.0 Å². The number of halogens is 2. The summed E-state index contributed by atoms with van der Waals surface area (Å²) in [7, 11) is -9.65. The molecule has 23 nitrogen and oxygen atoms in total. The molecule has 382 valence electrons. The Morgan fingerprint density at radius 3 is 1.70 bits per heavy atom. The van der Waals surface area contributed by atoms with Crippen molar-refractivity contribution in [2.75, 3.05) is 37.8 Å². The second-order valence-corrected chi connectivity index (χ2v) is 20.9. The average molecular weight is 1010 g/mol. The number of carbonyl (C=O) groups excluding carboxylic acids is 2. The molecule has 27 heteroatoms. The molecule has 4 N–H and O–H groups in total. The number of fused-ring (bicyclic) bond motifs is 4. The van der Waals surface area contributed by atoms with Crippen molar-refractivity contribution in [3.05, 3.63) is 25.3 Å². The summed E-state index contributed by atoms with van der Waals surface area (Å²) in [5.74, 6) is -1.27. The Morgan fingerprint density at radius 1 is 0.667 bits per heavy atom. The lowest BCUT2D eigenvalue weighted by Crippen LogP contribution is -2.37. The summed E-state index contributed by atoms with van der Waals surface area (Å²) in [6, 6.07) is 0. The number of hydrogen-bond donors (Lipinski definition) is 2. The van der Waals surface area contributed by atoms with Crippen molar-refractivity contribution in [3.8, 4) is 0 Å². The lowest BCUT2D eigenvalue weighted by Gasteiger charge is -2.30. The molecule has 3 aliphatic rings. The highest BCUT2D eigenvalue weighted by molar-refractivity contribution is 7.53. The van der Waals surface area contributed by atoms with E-state index < -0.39 is 109 Å². The van der Waals surface area contributed by atoms with E-state index in [-0.39, 0.29) is 46.8 Å². The van der Waals surface area contributed by atoms with Gasteiger partial charge in [-0.05, 0) is 19.3 Å². The lowest BCUT2D eigenvalue weighted by molar-refractivity contribution is -0.152. The van der Waals surface area contributed by atoms with Crippen molar-refractivity contribution in [2.45, 2.75) is 166 Å². The monoisotopic (exact) mass is 1010 g/mol. The number of phosphoric acid groups is 1. The van der Waals surface area contributed by atoms with Gasteiger partial charge in [-0.25, -0.2) is 47.8 Å². The van der Waals surface area contributed by atoms with Gasteiger partial charge in [0.2, 0.25) is 13.6 Å². The number of anilines is 2. The first-order chi connectivity index (χ1) is 33.3. The molecule has 4 aromatic heterocycles. The summed E-state index contributed by atoms with van der Waals surface area (Å²) in [6.07, 6.45) is 2.16. The van der Waals surface area contributed by atoms with Crippen LogP contribution >= 0.6 is 15.4 Å². The highest BCUT2D eigenvalue weighted by Gasteiger charge is 2.55. The molecule has 3 aliphatic heterocycles. The van der Waals surface area contributed by atoms with Gasteiger partial charge in [-0.1, -0.05) is 84.5 Å². The standard InChI is InChI=1S/C42H62F2N10O13P2/c1-3-5-7-9-10-11-12-13-15-17-30(56)60-26-63-69(58)61-20-28-36(32(44)42(65-28)54-24-52-34-38(46)48-22-50-40(34)54)66-68(57,62-25-59-29(55)16-14-8-6-4-2)19-18-27-35(67-69)31(43)41(64-27)53-23-51-33-37(45)47-21-49-39(33)53/h21-24,27-28,31-32,35-36,41-42H,3-20,25-26H2,1-2H3,(H2,45,47,49)(H2,46,48,50)/t27-,28-,31-,32-,35-,36-,41-,42-,68?,69?/m1/s1. The van der Waals surface area contributed by atoms with Gasteiger partial charge in [0.05, 0.1) is 31.5 Å². The number of unbranched alkanes of at least 4 members (excludes halogenated alkanes) is 11. The lowest BCUT2D eigenvalue weighted by atomic mass is 10.1. The maximum absolute atomic E-state index is 17.0. The molecule has 7 heterocycles. The Hall–Kier alpha value is -4.32. The number of nitrogens with two attached hydrogens (primary N) is 2. The smallest absolute Gasteiger partial charge is 0.438 e. The number of alkyl halides is 2. The van der Waals surface area contributed by atoms with Gasteiger partial charge in [0, 0.05) is 12.8 Å². The minimum absolute atomic E-state index is 0.0000507. The fourth-order valence-corrected chi connectivity index (χ4v) is 11.3. The van der Waals surface area contributed by atoms with Crippen LogP contribution in [0.4, 0.5) is 20.4 Å². The van der Waals surface area contributed by atoms with Gasteiger partial charge >= 0.3 is 27.4 Å². The van der Waals surface area contributed by atoms with E-state index in [1.807, 2.05) is 6.92 Å². The van der Waals surface area contributed by atoms with Crippen LogP contribution in [0, 0.1) is 0 Å². The van der Waals surface area contributed by atoms with E-state index in [4.69, 9.17) is 53.0 Å². The van der Waals surface area contributed by atoms with Gasteiger partial charge in [-0.3, -0.25) is 41.4 Å². The number of phosphoric ester groups is 1. The predicted molar refractivity (Wildman–Crippen MR) is 242 cm³/mol. The SMILES string of the molecule is CCCCCCCCCCCC(=O)OCOP1(=O)OC[C@H]2O[C@@H](n3cnc4c(N)ncnc43)[C@H](F)[C@@H]2OP(=O)(OCOC(=O)CCCCCC)CC[C@H]2O[C@@H](n3cnc4c(N)ncnc43)[C@H](F)[C@@H]2O1. The third-order valence-electron chi connectivity index (χ3n) is 12.1. The number of hydrogen-bond acceptors (Lipinski definition) is 21. The number of esters is 2. The summed E-state index contributed by atoms with van der Waals surface area (Å²) in [6.45, 7) is 1.56. The Labute approximate surface area is 397 Å². The zero-order valence-corrected chi connectivity index (χ0v) is 40.5. The number of nitrogens with zero attached hydrogens (tertiary/aromatic N) is 8. The maximum atomic E-state index is 17.0. The second kappa shape index (κ2) is 24.7. The van der Waals surface area contributed by atoms with Gasteiger partial charge in [0.25, 0.3) is 0 Å². The summed E-state index contributed by atoms with van der Waals surface area (Å²) < 4.78 is 118.